The highest BCUT2D eigenvalue weighted by Crippen LogP contribution is 2.31. The van der Waals surface area contributed by atoms with Crippen molar-refractivity contribution in [2.75, 3.05) is 26.6 Å². The quantitative estimate of drug-likeness (QED) is 0.625. The summed E-state index contributed by atoms with van der Waals surface area (Å²) >= 11 is 0. The number of aromatic nitrogens is 3. The van der Waals surface area contributed by atoms with Gasteiger partial charge in [-0.3, -0.25) is 10.1 Å². The summed E-state index contributed by atoms with van der Waals surface area (Å²) in [6.45, 7) is 0. The number of hydrogen-bond donors (Lipinski definition) is 1. The van der Waals surface area contributed by atoms with Gasteiger partial charge in [0.1, 0.15) is 11.4 Å². The van der Waals surface area contributed by atoms with E-state index in [0.29, 0.717) is 5.75 Å². The SMILES string of the molecule is COc1ccc(Nc2nc(OC)nc(OC)n2)c([N+](=O)[O-])c1. The molecule has 1 aromatic heterocycles. The van der Waals surface area contributed by atoms with Crippen LogP contribution in [0.5, 0.6) is 17.8 Å². The molecule has 1 aromatic carbocycles. The van der Waals surface area contributed by atoms with Crippen molar-refractivity contribution in [3.63, 3.8) is 0 Å². The molecule has 0 fully saturated rings. The zero-order valence-electron chi connectivity index (χ0n) is 12.1. The smallest absolute Gasteiger partial charge is 0.324 e. The van der Waals surface area contributed by atoms with E-state index in [1.54, 1.807) is 6.07 Å². The topological polar surface area (TPSA) is 122 Å². The molecule has 0 saturated carbocycles. The second-order valence-electron chi connectivity index (χ2n) is 3.90. The standard InChI is InChI=1S/C12H13N5O5/c1-20-7-4-5-8(9(6-7)17(18)19)13-10-14-11(21-2)16-12(15-10)22-3/h4-6H,1-3H3,(H,13,14,15,16). The van der Waals surface area contributed by atoms with Gasteiger partial charge in [0.05, 0.1) is 32.3 Å². The molecular formula is C12H13N5O5. The van der Waals surface area contributed by atoms with Crippen LogP contribution in [0.25, 0.3) is 0 Å². The fourth-order valence-electron chi connectivity index (χ4n) is 1.59. The first-order valence-corrected chi connectivity index (χ1v) is 6.01. The molecule has 0 amide bonds. The fourth-order valence-corrected chi connectivity index (χ4v) is 1.59. The Balaban J connectivity index is 2.40. The molecule has 0 atom stereocenters. The van der Waals surface area contributed by atoms with Crippen molar-refractivity contribution in [3.8, 4) is 17.8 Å². The lowest BCUT2D eigenvalue weighted by Crippen LogP contribution is -2.05. The lowest BCUT2D eigenvalue weighted by molar-refractivity contribution is -0.384. The van der Waals surface area contributed by atoms with Crippen molar-refractivity contribution in [1.29, 1.82) is 0 Å². The largest absolute Gasteiger partial charge is 0.496 e. The normalized spacial score (nSPS) is 9.95. The maximum atomic E-state index is 11.1. The average molecular weight is 307 g/mol. The minimum Gasteiger partial charge on any atom is -0.496 e. The van der Waals surface area contributed by atoms with E-state index in [4.69, 9.17) is 14.2 Å². The molecule has 0 bridgehead atoms. The molecule has 0 unspecified atom stereocenters. The van der Waals surface area contributed by atoms with Gasteiger partial charge in [0, 0.05) is 0 Å². The van der Waals surface area contributed by atoms with Crippen LogP contribution in [0.1, 0.15) is 0 Å². The second kappa shape index (κ2) is 6.52. The Morgan fingerprint density at radius 3 is 2.18 bits per heavy atom. The number of ether oxygens (including phenoxy) is 3. The maximum absolute atomic E-state index is 11.1. The van der Waals surface area contributed by atoms with E-state index in [-0.39, 0.29) is 29.3 Å². The van der Waals surface area contributed by atoms with E-state index in [1.165, 1.54) is 33.5 Å². The predicted octanol–water partition coefficient (Wildman–Crippen LogP) is 1.55. The van der Waals surface area contributed by atoms with E-state index >= 15 is 0 Å². The van der Waals surface area contributed by atoms with Crippen molar-refractivity contribution < 1.29 is 19.1 Å². The first-order chi connectivity index (χ1) is 10.6. The van der Waals surface area contributed by atoms with Crippen molar-refractivity contribution in [2.45, 2.75) is 0 Å². The van der Waals surface area contributed by atoms with Gasteiger partial charge in [-0.25, -0.2) is 0 Å². The molecule has 1 N–H and O–H groups in total. The van der Waals surface area contributed by atoms with Crippen LogP contribution < -0.4 is 19.5 Å². The number of nitro groups is 1. The van der Waals surface area contributed by atoms with Crippen LogP contribution in [-0.4, -0.2) is 41.2 Å². The molecule has 0 spiro atoms. The molecule has 2 rings (SSSR count). The Labute approximate surface area is 125 Å². The van der Waals surface area contributed by atoms with Gasteiger partial charge in [-0.1, -0.05) is 0 Å². The van der Waals surface area contributed by atoms with E-state index in [1.807, 2.05) is 0 Å². The van der Waals surface area contributed by atoms with Crippen LogP contribution in [-0.2, 0) is 0 Å². The molecule has 0 aliphatic rings. The number of nitro benzene ring substituents is 1. The van der Waals surface area contributed by atoms with Crippen LogP contribution in [0.15, 0.2) is 18.2 Å². The van der Waals surface area contributed by atoms with Gasteiger partial charge >= 0.3 is 12.0 Å². The van der Waals surface area contributed by atoms with Crippen LogP contribution in [0, 0.1) is 10.1 Å². The van der Waals surface area contributed by atoms with Crippen LogP contribution in [0.2, 0.25) is 0 Å². The first-order valence-electron chi connectivity index (χ1n) is 6.01. The predicted molar refractivity (Wildman–Crippen MR) is 75.9 cm³/mol. The van der Waals surface area contributed by atoms with Gasteiger partial charge in [0.2, 0.25) is 5.95 Å². The molecule has 2 aromatic rings. The lowest BCUT2D eigenvalue weighted by Gasteiger charge is -2.08. The van der Waals surface area contributed by atoms with E-state index < -0.39 is 4.92 Å². The van der Waals surface area contributed by atoms with Gasteiger partial charge in [-0.05, 0) is 12.1 Å². The third kappa shape index (κ3) is 3.29. The summed E-state index contributed by atoms with van der Waals surface area (Å²) in [6.07, 6.45) is 0. The molecule has 22 heavy (non-hydrogen) atoms. The molecule has 10 heteroatoms. The number of rotatable bonds is 6. The summed E-state index contributed by atoms with van der Waals surface area (Å²) in [5, 5.41) is 13.9. The Morgan fingerprint density at radius 1 is 1.05 bits per heavy atom. The molecule has 0 radical (unpaired) electrons. The van der Waals surface area contributed by atoms with Gasteiger partial charge in [0.15, 0.2) is 0 Å². The van der Waals surface area contributed by atoms with Crippen LogP contribution >= 0.6 is 0 Å². The number of nitrogens with one attached hydrogen (secondary N) is 1. The van der Waals surface area contributed by atoms with Crippen LogP contribution in [0.3, 0.4) is 0 Å². The van der Waals surface area contributed by atoms with Gasteiger partial charge in [0.25, 0.3) is 5.69 Å². The molecule has 0 aliphatic heterocycles. The maximum Gasteiger partial charge on any atom is 0.324 e. The molecular weight excluding hydrogens is 294 g/mol. The highest BCUT2D eigenvalue weighted by Gasteiger charge is 2.17. The highest BCUT2D eigenvalue weighted by molar-refractivity contribution is 5.68. The Hall–Kier alpha value is -3.17. The van der Waals surface area contributed by atoms with Crippen molar-refractivity contribution in [2.24, 2.45) is 0 Å². The summed E-state index contributed by atoms with van der Waals surface area (Å²) in [5.41, 5.74) is 0.0128. The fraction of sp³-hybridized carbons (Fsp3) is 0.250. The molecule has 0 aliphatic carbocycles. The summed E-state index contributed by atoms with van der Waals surface area (Å²) < 4.78 is 14.8. The summed E-state index contributed by atoms with van der Waals surface area (Å²) in [6, 6.07) is 4.39. The zero-order valence-corrected chi connectivity index (χ0v) is 12.1. The highest BCUT2D eigenvalue weighted by atomic mass is 16.6. The third-order valence-corrected chi connectivity index (χ3v) is 2.61. The van der Waals surface area contributed by atoms with Crippen molar-refractivity contribution in [1.82, 2.24) is 15.0 Å². The Kier molecular flexibility index (Phi) is 4.51. The van der Waals surface area contributed by atoms with Gasteiger partial charge < -0.3 is 19.5 Å². The third-order valence-electron chi connectivity index (χ3n) is 2.61. The summed E-state index contributed by atoms with van der Waals surface area (Å²) in [4.78, 5) is 22.3. The van der Waals surface area contributed by atoms with E-state index in [0.717, 1.165) is 0 Å². The molecule has 116 valence electrons. The first kappa shape index (κ1) is 15.2. The lowest BCUT2D eigenvalue weighted by atomic mass is 10.2. The Bertz CT molecular complexity index is 671. The van der Waals surface area contributed by atoms with Crippen molar-refractivity contribution >= 4 is 17.3 Å². The number of hydrogen-bond acceptors (Lipinski definition) is 9. The summed E-state index contributed by atoms with van der Waals surface area (Å²) in [5.74, 6) is 0.417. The second-order valence-corrected chi connectivity index (χ2v) is 3.90. The minimum atomic E-state index is -0.541. The van der Waals surface area contributed by atoms with Crippen LogP contribution in [0.4, 0.5) is 17.3 Å². The number of methoxy groups -OCH3 is 3. The zero-order chi connectivity index (χ0) is 16.1. The number of benzene rings is 1. The van der Waals surface area contributed by atoms with E-state index in [9.17, 15) is 10.1 Å². The van der Waals surface area contributed by atoms with E-state index in [2.05, 4.69) is 20.3 Å². The monoisotopic (exact) mass is 307 g/mol. The minimum absolute atomic E-state index is 0.0190. The molecule has 10 nitrogen and oxygen atoms in total. The Morgan fingerprint density at radius 2 is 1.68 bits per heavy atom. The number of nitrogens with zero attached hydrogens (tertiary/aromatic N) is 4. The van der Waals surface area contributed by atoms with Gasteiger partial charge in [-0.2, -0.15) is 9.97 Å². The molecule has 1 heterocycles. The number of anilines is 2. The van der Waals surface area contributed by atoms with Crippen molar-refractivity contribution in [3.05, 3.63) is 28.3 Å². The molecule has 0 saturated heterocycles. The average Bonchev–Trinajstić information content (AvgIpc) is 2.54. The summed E-state index contributed by atoms with van der Waals surface area (Å²) in [7, 11) is 4.19. The van der Waals surface area contributed by atoms with Gasteiger partial charge in [-0.15, -0.1) is 4.98 Å².